The van der Waals surface area contributed by atoms with Crippen molar-refractivity contribution < 1.29 is 9.59 Å². The SMILES string of the molecule is CN(C)C[C@H]1[C@H]2C[C@H](CN(C(=O)CCn3cncn3)C2)[C@@H]2CCCC(=O)N21. The fourth-order valence-corrected chi connectivity index (χ4v) is 5.30. The maximum absolute atomic E-state index is 12.9. The highest BCUT2D eigenvalue weighted by molar-refractivity contribution is 5.78. The van der Waals surface area contributed by atoms with Gasteiger partial charge in [-0.3, -0.25) is 14.3 Å². The van der Waals surface area contributed by atoms with Gasteiger partial charge in [0.15, 0.2) is 0 Å². The lowest BCUT2D eigenvalue weighted by Gasteiger charge is -2.57. The molecule has 0 aromatic carbocycles. The summed E-state index contributed by atoms with van der Waals surface area (Å²) >= 11 is 0. The number of likely N-dealkylation sites (N-methyl/N-ethyl adjacent to an activating group) is 1. The van der Waals surface area contributed by atoms with Gasteiger partial charge in [-0.15, -0.1) is 0 Å². The fraction of sp³-hybridized carbons (Fsp3) is 0.789. The summed E-state index contributed by atoms with van der Waals surface area (Å²) in [5, 5.41) is 4.08. The lowest BCUT2D eigenvalue weighted by Crippen LogP contribution is -2.67. The highest BCUT2D eigenvalue weighted by atomic mass is 16.2. The van der Waals surface area contributed by atoms with Crippen LogP contribution in [0, 0.1) is 11.8 Å². The molecule has 4 heterocycles. The lowest BCUT2D eigenvalue weighted by atomic mass is 9.72. The Kier molecular flexibility index (Phi) is 5.16. The summed E-state index contributed by atoms with van der Waals surface area (Å²) in [7, 11) is 4.14. The van der Waals surface area contributed by atoms with E-state index in [4.69, 9.17) is 0 Å². The molecule has 4 rings (SSSR count). The number of fused-ring (bicyclic) bond motifs is 4. The predicted octanol–water partition coefficient (Wildman–Crippen LogP) is 0.458. The third kappa shape index (κ3) is 3.72. The van der Waals surface area contributed by atoms with E-state index < -0.39 is 0 Å². The van der Waals surface area contributed by atoms with Crippen LogP contribution in [0.15, 0.2) is 12.7 Å². The van der Waals surface area contributed by atoms with E-state index in [1.54, 1.807) is 11.0 Å². The normalized spacial score (nSPS) is 30.6. The zero-order valence-electron chi connectivity index (χ0n) is 16.3. The Bertz CT molecular complexity index is 676. The van der Waals surface area contributed by atoms with Gasteiger partial charge < -0.3 is 14.7 Å². The van der Waals surface area contributed by atoms with Crippen molar-refractivity contribution in [1.29, 1.82) is 0 Å². The molecule has 3 fully saturated rings. The molecule has 1 aromatic heterocycles. The number of hydrogen-bond acceptors (Lipinski definition) is 5. The predicted molar refractivity (Wildman–Crippen MR) is 99.6 cm³/mol. The highest BCUT2D eigenvalue weighted by Crippen LogP contribution is 2.41. The van der Waals surface area contributed by atoms with E-state index in [9.17, 15) is 9.59 Å². The number of carbonyl (C=O) groups excluding carboxylic acids is 2. The van der Waals surface area contributed by atoms with E-state index >= 15 is 0 Å². The first kappa shape index (κ1) is 18.4. The number of aryl methyl sites for hydroxylation is 1. The van der Waals surface area contributed by atoms with Gasteiger partial charge in [0, 0.05) is 44.6 Å². The van der Waals surface area contributed by atoms with E-state index in [1.807, 2.05) is 0 Å². The Balaban J connectivity index is 1.48. The van der Waals surface area contributed by atoms with Gasteiger partial charge in [-0.05, 0) is 45.2 Å². The summed E-state index contributed by atoms with van der Waals surface area (Å²) in [4.78, 5) is 35.9. The van der Waals surface area contributed by atoms with Crippen LogP contribution < -0.4 is 0 Å². The second-order valence-corrected chi connectivity index (χ2v) is 8.55. The van der Waals surface area contributed by atoms with Crippen LogP contribution >= 0.6 is 0 Å². The number of carbonyl (C=O) groups is 2. The van der Waals surface area contributed by atoms with Gasteiger partial charge in [0.2, 0.25) is 11.8 Å². The smallest absolute Gasteiger partial charge is 0.224 e. The first-order valence-electron chi connectivity index (χ1n) is 10.1. The molecule has 0 N–H and O–H groups in total. The van der Waals surface area contributed by atoms with Crippen molar-refractivity contribution in [2.24, 2.45) is 11.8 Å². The molecule has 3 aliphatic rings. The van der Waals surface area contributed by atoms with Crippen LogP contribution in [0.5, 0.6) is 0 Å². The lowest BCUT2D eigenvalue weighted by molar-refractivity contribution is -0.157. The molecule has 8 nitrogen and oxygen atoms in total. The maximum atomic E-state index is 12.9. The number of aromatic nitrogens is 3. The average Bonchev–Trinajstić information content (AvgIpc) is 3.16. The Morgan fingerprint density at radius 3 is 2.85 bits per heavy atom. The molecule has 27 heavy (non-hydrogen) atoms. The molecule has 0 aliphatic carbocycles. The Morgan fingerprint density at radius 2 is 2.11 bits per heavy atom. The van der Waals surface area contributed by atoms with Gasteiger partial charge in [-0.2, -0.15) is 5.10 Å². The van der Waals surface area contributed by atoms with Crippen LogP contribution in [0.4, 0.5) is 0 Å². The third-order valence-electron chi connectivity index (χ3n) is 6.42. The molecular formula is C19H30N6O2. The van der Waals surface area contributed by atoms with Crippen molar-refractivity contribution >= 4 is 11.8 Å². The van der Waals surface area contributed by atoms with Crippen molar-refractivity contribution in [2.45, 2.75) is 50.7 Å². The van der Waals surface area contributed by atoms with Gasteiger partial charge in [-0.1, -0.05) is 0 Å². The number of likely N-dealkylation sites (tertiary alicyclic amines) is 1. The van der Waals surface area contributed by atoms with Crippen molar-refractivity contribution in [3.05, 3.63) is 12.7 Å². The van der Waals surface area contributed by atoms with Crippen molar-refractivity contribution in [1.82, 2.24) is 29.5 Å². The van der Waals surface area contributed by atoms with Gasteiger partial charge in [0.1, 0.15) is 12.7 Å². The van der Waals surface area contributed by atoms with Crippen LogP contribution in [-0.4, -0.2) is 87.1 Å². The number of nitrogens with zero attached hydrogens (tertiary/aromatic N) is 6. The summed E-state index contributed by atoms with van der Waals surface area (Å²) in [5.74, 6) is 1.31. The summed E-state index contributed by atoms with van der Waals surface area (Å²) in [6.45, 7) is 3.00. The minimum atomic E-state index is 0.194. The first-order chi connectivity index (χ1) is 13.0. The van der Waals surface area contributed by atoms with Crippen molar-refractivity contribution in [3.63, 3.8) is 0 Å². The number of hydrogen-bond donors (Lipinski definition) is 0. The standard InChI is InChI=1S/C19H30N6O2/c1-22(2)11-17-15-8-14(16-4-3-5-19(27)25(16)17)9-23(10-15)18(26)6-7-24-13-20-12-21-24/h12-17H,3-11H2,1-2H3/t14-,15+,16+,17+/m1/s1. The van der Waals surface area contributed by atoms with Gasteiger partial charge in [0.25, 0.3) is 0 Å². The van der Waals surface area contributed by atoms with Crippen molar-refractivity contribution in [3.8, 4) is 0 Å². The molecule has 1 aromatic rings. The Morgan fingerprint density at radius 1 is 1.30 bits per heavy atom. The molecule has 148 valence electrons. The highest BCUT2D eigenvalue weighted by Gasteiger charge is 2.49. The van der Waals surface area contributed by atoms with Crippen molar-refractivity contribution in [2.75, 3.05) is 33.7 Å². The minimum absolute atomic E-state index is 0.194. The van der Waals surface area contributed by atoms with Crippen LogP contribution in [0.25, 0.3) is 0 Å². The van der Waals surface area contributed by atoms with Gasteiger partial charge in [-0.25, -0.2) is 4.98 Å². The molecule has 4 atom stereocenters. The van der Waals surface area contributed by atoms with E-state index in [0.717, 1.165) is 38.9 Å². The molecule has 0 unspecified atom stereocenters. The molecule has 0 saturated carbocycles. The van der Waals surface area contributed by atoms with Crippen LogP contribution in [0.3, 0.4) is 0 Å². The van der Waals surface area contributed by atoms with Crippen LogP contribution in [0.1, 0.15) is 32.1 Å². The number of piperidine rings is 3. The van der Waals surface area contributed by atoms with Crippen LogP contribution in [0.2, 0.25) is 0 Å². The number of amides is 2. The average molecular weight is 374 g/mol. The molecule has 3 saturated heterocycles. The quantitative estimate of drug-likeness (QED) is 0.748. The number of rotatable bonds is 5. The Hall–Kier alpha value is -1.96. The molecule has 2 bridgehead atoms. The zero-order chi connectivity index (χ0) is 19.0. The molecule has 8 heteroatoms. The van der Waals surface area contributed by atoms with E-state index in [0.29, 0.717) is 43.2 Å². The molecule has 3 aliphatic heterocycles. The second-order valence-electron chi connectivity index (χ2n) is 8.55. The van der Waals surface area contributed by atoms with E-state index in [2.05, 4.69) is 38.9 Å². The largest absolute Gasteiger partial charge is 0.342 e. The monoisotopic (exact) mass is 374 g/mol. The Labute approximate surface area is 160 Å². The summed E-state index contributed by atoms with van der Waals surface area (Å²) in [5.41, 5.74) is 0. The fourth-order valence-electron chi connectivity index (χ4n) is 5.30. The van der Waals surface area contributed by atoms with E-state index in [-0.39, 0.29) is 11.9 Å². The minimum Gasteiger partial charge on any atom is -0.342 e. The summed E-state index contributed by atoms with van der Waals surface area (Å²) in [6.07, 6.45) is 7.48. The van der Waals surface area contributed by atoms with Crippen LogP contribution in [-0.2, 0) is 16.1 Å². The first-order valence-corrected chi connectivity index (χ1v) is 10.1. The molecule has 2 amide bonds. The molecular weight excluding hydrogens is 344 g/mol. The van der Waals surface area contributed by atoms with E-state index in [1.165, 1.54) is 6.33 Å². The molecule has 0 radical (unpaired) electrons. The topological polar surface area (TPSA) is 74.6 Å². The van der Waals surface area contributed by atoms with Gasteiger partial charge >= 0.3 is 0 Å². The second kappa shape index (κ2) is 7.58. The zero-order valence-corrected chi connectivity index (χ0v) is 16.3. The summed E-state index contributed by atoms with van der Waals surface area (Å²) < 4.78 is 1.71. The molecule has 0 spiro atoms. The maximum Gasteiger partial charge on any atom is 0.224 e. The third-order valence-corrected chi connectivity index (χ3v) is 6.42. The van der Waals surface area contributed by atoms with Gasteiger partial charge in [0.05, 0.1) is 6.54 Å². The summed E-state index contributed by atoms with van der Waals surface area (Å²) in [6, 6.07) is 0.526.